The Labute approximate surface area is 127 Å². The molecule has 2 aromatic carbocycles. The third kappa shape index (κ3) is 3.81. The highest BCUT2D eigenvalue weighted by molar-refractivity contribution is 5.61. The standard InChI is InChI=1S/C16H15N3O3/c17-10-13-9-15(19(21)22)6-7-16(13)18-14(11-20)8-12-4-2-1-3-5-12/h1-7,9,14,18,20H,8,11H2/t14-/m0/s1. The predicted octanol–water partition coefficient (Wildman–Crippen LogP) is 2.48. The number of rotatable bonds is 6. The maximum Gasteiger partial charge on any atom is 0.270 e. The highest BCUT2D eigenvalue weighted by Gasteiger charge is 2.14. The second-order valence-electron chi connectivity index (χ2n) is 4.81. The normalized spacial score (nSPS) is 11.5. The molecule has 2 N–H and O–H groups in total. The van der Waals surface area contributed by atoms with E-state index in [1.54, 1.807) is 0 Å². The number of aliphatic hydroxyl groups is 1. The number of non-ortho nitro benzene ring substituents is 1. The zero-order valence-corrected chi connectivity index (χ0v) is 11.8. The van der Waals surface area contributed by atoms with Gasteiger partial charge in [0.25, 0.3) is 5.69 Å². The number of hydrogen-bond acceptors (Lipinski definition) is 5. The van der Waals surface area contributed by atoms with E-state index in [0.29, 0.717) is 12.1 Å². The summed E-state index contributed by atoms with van der Waals surface area (Å²) in [5, 5.41) is 32.4. The summed E-state index contributed by atoms with van der Waals surface area (Å²) in [7, 11) is 0. The zero-order valence-electron chi connectivity index (χ0n) is 11.8. The Bertz CT molecular complexity index is 696. The number of nitro benzene ring substituents is 1. The fourth-order valence-electron chi connectivity index (χ4n) is 2.14. The lowest BCUT2D eigenvalue weighted by molar-refractivity contribution is -0.384. The van der Waals surface area contributed by atoms with Gasteiger partial charge in [0, 0.05) is 12.1 Å². The van der Waals surface area contributed by atoms with Crippen molar-refractivity contribution in [3.63, 3.8) is 0 Å². The van der Waals surface area contributed by atoms with Gasteiger partial charge in [-0.2, -0.15) is 5.26 Å². The van der Waals surface area contributed by atoms with Crippen LogP contribution in [-0.2, 0) is 6.42 Å². The first-order valence-electron chi connectivity index (χ1n) is 6.74. The molecule has 0 unspecified atom stereocenters. The van der Waals surface area contributed by atoms with Crippen molar-refractivity contribution < 1.29 is 10.0 Å². The highest BCUT2D eigenvalue weighted by atomic mass is 16.6. The molecule has 0 saturated heterocycles. The molecule has 2 aromatic rings. The van der Waals surface area contributed by atoms with Crippen LogP contribution in [0.3, 0.4) is 0 Å². The summed E-state index contributed by atoms with van der Waals surface area (Å²) in [6.07, 6.45) is 0.583. The topological polar surface area (TPSA) is 99.2 Å². The van der Waals surface area contributed by atoms with Crippen LogP contribution < -0.4 is 5.32 Å². The minimum atomic E-state index is -0.544. The third-order valence-corrected chi connectivity index (χ3v) is 3.24. The van der Waals surface area contributed by atoms with Crippen LogP contribution in [0.4, 0.5) is 11.4 Å². The van der Waals surface area contributed by atoms with Crippen LogP contribution in [0.15, 0.2) is 48.5 Å². The number of nitrogens with zero attached hydrogens (tertiary/aromatic N) is 2. The molecule has 6 heteroatoms. The van der Waals surface area contributed by atoms with Crippen LogP contribution in [-0.4, -0.2) is 22.7 Å². The van der Waals surface area contributed by atoms with Gasteiger partial charge >= 0.3 is 0 Å². The highest BCUT2D eigenvalue weighted by Crippen LogP contribution is 2.22. The van der Waals surface area contributed by atoms with Crippen molar-refractivity contribution in [3.8, 4) is 6.07 Å². The van der Waals surface area contributed by atoms with Gasteiger partial charge in [-0.1, -0.05) is 30.3 Å². The minimum absolute atomic E-state index is 0.114. The second kappa shape index (κ2) is 7.20. The third-order valence-electron chi connectivity index (χ3n) is 3.24. The minimum Gasteiger partial charge on any atom is -0.394 e. The molecule has 112 valence electrons. The summed E-state index contributed by atoms with van der Waals surface area (Å²) in [5.41, 5.74) is 1.57. The number of hydrogen-bond donors (Lipinski definition) is 2. The van der Waals surface area contributed by atoms with E-state index in [0.717, 1.165) is 5.56 Å². The molecule has 22 heavy (non-hydrogen) atoms. The number of nitrogens with one attached hydrogen (secondary N) is 1. The first-order valence-corrected chi connectivity index (χ1v) is 6.74. The van der Waals surface area contributed by atoms with Crippen molar-refractivity contribution in [1.29, 1.82) is 5.26 Å². The van der Waals surface area contributed by atoms with Gasteiger partial charge in [-0.15, -0.1) is 0 Å². The molecular weight excluding hydrogens is 282 g/mol. The van der Waals surface area contributed by atoms with Crippen LogP contribution in [0.2, 0.25) is 0 Å². The Morgan fingerprint density at radius 3 is 2.59 bits per heavy atom. The second-order valence-corrected chi connectivity index (χ2v) is 4.81. The molecule has 0 spiro atoms. The van der Waals surface area contributed by atoms with Gasteiger partial charge in [-0.25, -0.2) is 0 Å². The molecule has 0 bridgehead atoms. The van der Waals surface area contributed by atoms with Gasteiger partial charge in [0.2, 0.25) is 0 Å². The number of benzene rings is 2. The van der Waals surface area contributed by atoms with E-state index in [1.807, 2.05) is 36.4 Å². The van der Waals surface area contributed by atoms with E-state index in [2.05, 4.69) is 5.32 Å². The molecule has 0 aliphatic carbocycles. The van der Waals surface area contributed by atoms with Crippen LogP contribution in [0.25, 0.3) is 0 Å². The van der Waals surface area contributed by atoms with Crippen LogP contribution in [0.1, 0.15) is 11.1 Å². The summed E-state index contributed by atoms with van der Waals surface area (Å²) >= 11 is 0. The monoisotopic (exact) mass is 297 g/mol. The van der Waals surface area contributed by atoms with Crippen molar-refractivity contribution in [2.24, 2.45) is 0 Å². The number of aliphatic hydroxyl groups excluding tert-OH is 1. The van der Waals surface area contributed by atoms with Crippen LogP contribution >= 0.6 is 0 Å². The summed E-state index contributed by atoms with van der Waals surface area (Å²) in [6.45, 7) is -0.114. The maximum atomic E-state index is 10.7. The average molecular weight is 297 g/mol. The summed E-state index contributed by atoms with van der Waals surface area (Å²) in [5.74, 6) is 0. The van der Waals surface area contributed by atoms with E-state index >= 15 is 0 Å². The Balaban J connectivity index is 2.17. The first kappa shape index (κ1) is 15.5. The summed E-state index contributed by atoms with van der Waals surface area (Å²) in [4.78, 5) is 10.2. The van der Waals surface area contributed by atoms with E-state index in [9.17, 15) is 15.2 Å². The Morgan fingerprint density at radius 1 is 1.27 bits per heavy atom. The fourth-order valence-corrected chi connectivity index (χ4v) is 2.14. The maximum absolute atomic E-state index is 10.7. The molecule has 0 heterocycles. The molecule has 0 saturated carbocycles. The number of nitro groups is 1. The van der Waals surface area contributed by atoms with Gasteiger partial charge in [0.15, 0.2) is 0 Å². The lowest BCUT2D eigenvalue weighted by atomic mass is 10.1. The Morgan fingerprint density at radius 2 is 2.00 bits per heavy atom. The quantitative estimate of drug-likeness (QED) is 0.630. The largest absolute Gasteiger partial charge is 0.394 e. The number of nitriles is 1. The SMILES string of the molecule is N#Cc1cc([N+](=O)[O-])ccc1N[C@H](CO)Cc1ccccc1. The predicted molar refractivity (Wildman–Crippen MR) is 82.5 cm³/mol. The van der Waals surface area contributed by atoms with Gasteiger partial charge in [0.05, 0.1) is 28.8 Å². The number of anilines is 1. The molecule has 0 amide bonds. The lowest BCUT2D eigenvalue weighted by Crippen LogP contribution is -2.26. The molecule has 0 aliphatic rings. The molecule has 0 fully saturated rings. The van der Waals surface area contributed by atoms with E-state index < -0.39 is 4.92 Å². The van der Waals surface area contributed by atoms with Gasteiger partial charge < -0.3 is 10.4 Å². The average Bonchev–Trinajstić information content (AvgIpc) is 2.55. The molecule has 2 rings (SSSR count). The van der Waals surface area contributed by atoms with Crippen LogP contribution in [0, 0.1) is 21.4 Å². The van der Waals surface area contributed by atoms with E-state index in [1.165, 1.54) is 18.2 Å². The summed E-state index contributed by atoms with van der Waals surface area (Å²) < 4.78 is 0. The molecule has 1 atom stereocenters. The molecule has 0 aromatic heterocycles. The van der Waals surface area contributed by atoms with Gasteiger partial charge in [0.1, 0.15) is 6.07 Å². The molecule has 0 radical (unpaired) electrons. The van der Waals surface area contributed by atoms with Crippen molar-refractivity contribution in [2.45, 2.75) is 12.5 Å². The fraction of sp³-hybridized carbons (Fsp3) is 0.188. The van der Waals surface area contributed by atoms with Gasteiger partial charge in [-0.05, 0) is 18.1 Å². The van der Waals surface area contributed by atoms with Crippen molar-refractivity contribution in [3.05, 3.63) is 69.8 Å². The van der Waals surface area contributed by atoms with Crippen molar-refractivity contribution in [2.75, 3.05) is 11.9 Å². The van der Waals surface area contributed by atoms with Crippen molar-refractivity contribution >= 4 is 11.4 Å². The lowest BCUT2D eigenvalue weighted by Gasteiger charge is -2.18. The first-order chi connectivity index (χ1) is 10.6. The zero-order chi connectivity index (χ0) is 15.9. The van der Waals surface area contributed by atoms with E-state index in [-0.39, 0.29) is 23.9 Å². The van der Waals surface area contributed by atoms with Crippen molar-refractivity contribution in [1.82, 2.24) is 0 Å². The van der Waals surface area contributed by atoms with Gasteiger partial charge in [-0.3, -0.25) is 10.1 Å². The smallest absolute Gasteiger partial charge is 0.270 e. The Kier molecular flexibility index (Phi) is 5.07. The summed E-state index contributed by atoms with van der Waals surface area (Å²) in [6, 6.07) is 15.3. The molecular formula is C16H15N3O3. The Hall–Kier alpha value is -2.91. The molecule has 0 aliphatic heterocycles. The molecule has 6 nitrogen and oxygen atoms in total. The van der Waals surface area contributed by atoms with Crippen LogP contribution in [0.5, 0.6) is 0 Å². The van der Waals surface area contributed by atoms with E-state index in [4.69, 9.17) is 5.26 Å².